The summed E-state index contributed by atoms with van der Waals surface area (Å²) >= 11 is 1.47. The Morgan fingerprint density at radius 1 is 0.792 bits per heavy atom. The Morgan fingerprint density at radius 3 is 1.50 bits per heavy atom. The van der Waals surface area contributed by atoms with Crippen LogP contribution in [0.25, 0.3) is 21.5 Å². The van der Waals surface area contributed by atoms with Gasteiger partial charge in [-0.1, -0.05) is 36.4 Å². The van der Waals surface area contributed by atoms with Gasteiger partial charge < -0.3 is 24.8 Å². The summed E-state index contributed by atoms with van der Waals surface area (Å²) in [6.07, 6.45) is 0. The average molecular weight is 448 g/mol. The maximum Gasteiger partial charge on any atom is -0.0771 e. The number of rotatable bonds is 0. The first-order valence-corrected chi connectivity index (χ1v) is 8.88. The zero-order valence-electron chi connectivity index (χ0n) is 13.3. The molecule has 0 aromatic heterocycles. The number of hydrogen-bond donors (Lipinski definition) is 0. The van der Waals surface area contributed by atoms with Gasteiger partial charge >= 0.3 is 44.2 Å². The smallest absolute Gasteiger partial charge is 0.0771 e. The van der Waals surface area contributed by atoms with Crippen molar-refractivity contribution in [3.63, 3.8) is 0 Å². The molecular formula is C20H17Cl2SiZr-2. The van der Waals surface area contributed by atoms with Crippen molar-refractivity contribution in [2.24, 2.45) is 0 Å². The predicted octanol–water partition coefficient (Wildman–Crippen LogP) is -1.02. The maximum atomic E-state index is 3.27. The molecular weight excluding hydrogens is 430 g/mol. The van der Waals surface area contributed by atoms with Crippen LogP contribution in [-0.4, -0.2) is 13.1 Å². The van der Waals surface area contributed by atoms with E-state index in [-0.39, 0.29) is 24.8 Å². The predicted molar refractivity (Wildman–Crippen MR) is 95.5 cm³/mol. The van der Waals surface area contributed by atoms with Crippen molar-refractivity contribution in [1.29, 1.82) is 0 Å². The van der Waals surface area contributed by atoms with Crippen LogP contribution in [0.5, 0.6) is 0 Å². The second-order valence-electron chi connectivity index (χ2n) is 4.91. The molecule has 0 aliphatic rings. The molecule has 0 saturated heterocycles. The minimum Gasteiger partial charge on any atom is -1.00 e. The van der Waals surface area contributed by atoms with Gasteiger partial charge in [-0.3, -0.25) is 0 Å². The first kappa shape index (κ1) is 23.2. The van der Waals surface area contributed by atoms with E-state index in [1.807, 2.05) is 37.3 Å². The molecule has 0 unspecified atom stereocenters. The standard InChI is InChI=1S/C13H9.C5H5.C2H3Si.2ClH.Zr/c1-3-7-12-10(5-1)9-11-6-2-4-8-13(11)12;1-2-4-5-3-1;1-2-3;;;/h1-9H;1-5H;1H3;2*1H;/q2*-1;;;;+2/p-2. The molecule has 24 heavy (non-hydrogen) atoms. The molecule has 0 atom stereocenters. The molecule has 0 amide bonds. The molecule has 4 heteroatoms. The van der Waals surface area contributed by atoms with Crippen LogP contribution in [0.1, 0.15) is 6.92 Å². The molecule has 0 nitrogen and oxygen atoms in total. The van der Waals surface area contributed by atoms with Crippen molar-refractivity contribution in [2.75, 3.05) is 0 Å². The number of halogens is 2. The van der Waals surface area contributed by atoms with Gasteiger partial charge in [0.15, 0.2) is 0 Å². The molecule has 4 aromatic rings. The van der Waals surface area contributed by atoms with E-state index in [9.17, 15) is 0 Å². The van der Waals surface area contributed by atoms with Crippen molar-refractivity contribution in [3.8, 4) is 0 Å². The van der Waals surface area contributed by atoms with Crippen molar-refractivity contribution >= 4 is 34.6 Å². The third kappa shape index (κ3) is 7.40. The van der Waals surface area contributed by atoms with E-state index in [0.717, 1.165) is 0 Å². The van der Waals surface area contributed by atoms with Crippen molar-refractivity contribution in [3.05, 3.63) is 84.9 Å². The van der Waals surface area contributed by atoms with Crippen LogP contribution in [0.15, 0.2) is 84.9 Å². The Kier molecular flexibility index (Phi) is 12.1. The topological polar surface area (TPSA) is 0 Å². The van der Waals surface area contributed by atoms with Crippen LogP contribution >= 0.6 is 0 Å². The summed E-state index contributed by atoms with van der Waals surface area (Å²) in [5.74, 6) is 0. The summed E-state index contributed by atoms with van der Waals surface area (Å²) in [7, 11) is 3.27. The zero-order chi connectivity index (χ0) is 15.8. The second-order valence-corrected chi connectivity index (χ2v) is 8.73. The molecule has 0 bridgehead atoms. The zero-order valence-corrected chi connectivity index (χ0v) is 18.3. The van der Waals surface area contributed by atoms with Crippen LogP contribution in [-0.2, 0) is 24.2 Å². The molecule has 0 heterocycles. The minimum atomic E-state index is 0. The summed E-state index contributed by atoms with van der Waals surface area (Å²) in [6.45, 7) is 2.04. The first-order chi connectivity index (χ1) is 10.7. The van der Waals surface area contributed by atoms with E-state index >= 15 is 0 Å². The third-order valence-electron chi connectivity index (χ3n) is 3.08. The van der Waals surface area contributed by atoms with Gasteiger partial charge in [-0.15, -0.1) is 39.7 Å². The third-order valence-corrected chi connectivity index (χ3v) is 3.08. The fourth-order valence-electron chi connectivity index (χ4n) is 2.22. The summed E-state index contributed by atoms with van der Waals surface area (Å²) in [4.78, 5) is 0. The molecule has 0 saturated carbocycles. The average Bonchev–Trinajstić information content (AvgIpc) is 3.18. The van der Waals surface area contributed by atoms with Gasteiger partial charge in [0, 0.05) is 0 Å². The molecule has 121 valence electrons. The number of benzene rings is 2. The molecule has 4 aromatic carbocycles. The number of hydrogen-bond acceptors (Lipinski definition) is 0. The summed E-state index contributed by atoms with van der Waals surface area (Å²) in [6, 6.07) is 29.3. The van der Waals surface area contributed by atoms with Gasteiger partial charge in [-0.25, -0.2) is 12.1 Å². The Hall–Kier alpha value is -0.790. The van der Waals surface area contributed by atoms with E-state index in [1.54, 1.807) is 0 Å². The first-order valence-electron chi connectivity index (χ1n) is 7.15. The van der Waals surface area contributed by atoms with Crippen LogP contribution in [0.2, 0.25) is 0 Å². The van der Waals surface area contributed by atoms with Gasteiger partial charge in [-0.2, -0.15) is 18.2 Å². The largest absolute Gasteiger partial charge is 1.00 e. The monoisotopic (exact) mass is 445 g/mol. The van der Waals surface area contributed by atoms with Gasteiger partial charge in [-0.05, 0) is 0 Å². The molecule has 0 N–H and O–H groups in total. The Labute approximate surface area is 174 Å². The van der Waals surface area contributed by atoms with Crippen molar-refractivity contribution in [1.82, 2.24) is 0 Å². The minimum absolute atomic E-state index is 0. The summed E-state index contributed by atoms with van der Waals surface area (Å²) < 4.78 is 1.31. The molecule has 4 rings (SSSR count). The fraction of sp³-hybridized carbons (Fsp3) is 0.0500. The van der Waals surface area contributed by atoms with E-state index < -0.39 is 0 Å². The fourth-order valence-corrected chi connectivity index (χ4v) is 2.22. The van der Waals surface area contributed by atoms with E-state index in [1.165, 1.54) is 48.6 Å². The summed E-state index contributed by atoms with van der Waals surface area (Å²) in [5.41, 5.74) is 0. The van der Waals surface area contributed by atoms with E-state index in [4.69, 9.17) is 0 Å². The quantitative estimate of drug-likeness (QED) is 0.239. The van der Waals surface area contributed by atoms with Gasteiger partial charge in [0.2, 0.25) is 0 Å². The Morgan fingerprint density at radius 2 is 1.17 bits per heavy atom. The molecule has 0 aliphatic carbocycles. The van der Waals surface area contributed by atoms with Gasteiger partial charge in [0.25, 0.3) is 0 Å². The van der Waals surface area contributed by atoms with E-state index in [0.29, 0.717) is 0 Å². The number of fused-ring (bicyclic) bond motifs is 3. The maximum absolute atomic E-state index is 3.27. The molecule has 0 fully saturated rings. The Bertz CT molecular complexity index is 764. The van der Waals surface area contributed by atoms with Crippen LogP contribution in [0, 0.1) is 0 Å². The molecule has 0 spiro atoms. The van der Waals surface area contributed by atoms with Crippen LogP contribution < -0.4 is 24.8 Å². The second kappa shape index (κ2) is 12.6. The van der Waals surface area contributed by atoms with Gasteiger partial charge in [0.1, 0.15) is 0 Å². The van der Waals surface area contributed by atoms with Crippen LogP contribution in [0.3, 0.4) is 0 Å². The molecule has 3 radical (unpaired) electrons. The SMILES string of the molecule is C[C]([Si])=[Zr+2].[Cl-].[Cl-].c1cc[cH-]c1.c1ccc2c(c1)[cH-]c1ccccc12. The summed E-state index contributed by atoms with van der Waals surface area (Å²) in [5, 5.41) is 5.39. The van der Waals surface area contributed by atoms with Crippen molar-refractivity contribution in [2.45, 2.75) is 6.92 Å². The van der Waals surface area contributed by atoms with Gasteiger partial charge in [0.05, 0.1) is 0 Å². The van der Waals surface area contributed by atoms with E-state index in [2.05, 4.69) is 64.8 Å². The van der Waals surface area contributed by atoms with Crippen molar-refractivity contribution < 1.29 is 49.0 Å². The molecule has 0 aliphatic heterocycles. The normalized spacial score (nSPS) is 8.83. The van der Waals surface area contributed by atoms with Crippen LogP contribution in [0.4, 0.5) is 0 Å². The Balaban J connectivity index is 0.000000409.